The number of non-ortho nitro benzene ring substituents is 1. The molecule has 3 rings (SSSR count). The highest BCUT2D eigenvalue weighted by Crippen LogP contribution is 2.30. The van der Waals surface area contributed by atoms with Crippen molar-refractivity contribution in [2.24, 2.45) is 0 Å². The van der Waals surface area contributed by atoms with Gasteiger partial charge in [0.15, 0.2) is 0 Å². The Hall–Kier alpha value is -2.83. The van der Waals surface area contributed by atoms with Gasteiger partial charge in [-0.15, -0.1) is 0 Å². The van der Waals surface area contributed by atoms with Crippen LogP contribution in [-0.2, 0) is 12.7 Å². The van der Waals surface area contributed by atoms with Gasteiger partial charge in [-0.1, -0.05) is 12.1 Å². The SMILES string of the molecule is O=[N+]([O-])c1ccc2c(ccn2Cc2cccc(C(F)(F)F)c2)c1. The molecule has 0 saturated carbocycles. The van der Waals surface area contributed by atoms with Crippen LogP contribution >= 0.6 is 0 Å². The first kappa shape index (κ1) is 15.1. The number of halogens is 3. The van der Waals surface area contributed by atoms with Crippen LogP contribution in [0.4, 0.5) is 18.9 Å². The topological polar surface area (TPSA) is 48.1 Å². The Morgan fingerprint density at radius 2 is 1.87 bits per heavy atom. The average Bonchev–Trinajstić information content (AvgIpc) is 2.89. The minimum Gasteiger partial charge on any atom is -0.343 e. The van der Waals surface area contributed by atoms with Gasteiger partial charge in [0.05, 0.1) is 10.5 Å². The summed E-state index contributed by atoms with van der Waals surface area (Å²) < 4.78 is 40.0. The molecule has 0 N–H and O–H groups in total. The van der Waals surface area contributed by atoms with Crippen molar-refractivity contribution < 1.29 is 18.1 Å². The zero-order valence-corrected chi connectivity index (χ0v) is 11.7. The highest BCUT2D eigenvalue weighted by molar-refractivity contribution is 5.82. The minimum absolute atomic E-state index is 0.0191. The van der Waals surface area contributed by atoms with Crippen LogP contribution in [0.15, 0.2) is 54.7 Å². The molecule has 3 aromatic rings. The van der Waals surface area contributed by atoms with Gasteiger partial charge in [0, 0.05) is 35.8 Å². The van der Waals surface area contributed by atoms with Crippen LogP contribution in [0.2, 0.25) is 0 Å². The smallest absolute Gasteiger partial charge is 0.343 e. The average molecular weight is 320 g/mol. The van der Waals surface area contributed by atoms with E-state index in [4.69, 9.17) is 0 Å². The number of hydrogen-bond acceptors (Lipinski definition) is 2. The molecule has 0 fully saturated rings. The van der Waals surface area contributed by atoms with Crippen molar-refractivity contribution in [1.82, 2.24) is 4.57 Å². The summed E-state index contributed by atoms with van der Waals surface area (Å²) in [5, 5.41) is 11.4. The molecule has 2 aromatic carbocycles. The summed E-state index contributed by atoms with van der Waals surface area (Å²) in [6.07, 6.45) is -2.68. The van der Waals surface area contributed by atoms with Crippen LogP contribution in [0.3, 0.4) is 0 Å². The fraction of sp³-hybridized carbons (Fsp3) is 0.125. The second-order valence-electron chi connectivity index (χ2n) is 5.14. The number of nitro groups is 1. The van der Waals surface area contributed by atoms with Crippen LogP contribution in [-0.4, -0.2) is 9.49 Å². The molecule has 7 heteroatoms. The molecule has 0 radical (unpaired) electrons. The fourth-order valence-corrected chi connectivity index (χ4v) is 2.48. The van der Waals surface area contributed by atoms with Gasteiger partial charge in [-0.25, -0.2) is 0 Å². The Bertz CT molecular complexity index is 884. The van der Waals surface area contributed by atoms with E-state index in [-0.39, 0.29) is 12.2 Å². The fourth-order valence-electron chi connectivity index (χ4n) is 2.48. The number of aromatic nitrogens is 1. The third-order valence-corrected chi connectivity index (χ3v) is 3.57. The third kappa shape index (κ3) is 3.03. The molecule has 0 aliphatic carbocycles. The highest BCUT2D eigenvalue weighted by Gasteiger charge is 2.30. The second kappa shape index (κ2) is 5.42. The molecule has 118 valence electrons. The molecule has 0 saturated heterocycles. The lowest BCUT2D eigenvalue weighted by molar-refractivity contribution is -0.384. The molecule has 1 heterocycles. The molecule has 0 atom stereocenters. The maximum Gasteiger partial charge on any atom is 0.416 e. The number of rotatable bonds is 3. The van der Waals surface area contributed by atoms with Gasteiger partial charge in [-0.2, -0.15) is 13.2 Å². The first-order chi connectivity index (χ1) is 10.8. The maximum absolute atomic E-state index is 12.7. The molecular weight excluding hydrogens is 309 g/mol. The molecule has 0 amide bonds. The number of benzene rings is 2. The predicted octanol–water partition coefficient (Wildman–Crippen LogP) is 4.62. The lowest BCUT2D eigenvalue weighted by Crippen LogP contribution is -2.06. The molecule has 0 bridgehead atoms. The van der Waals surface area contributed by atoms with E-state index in [0.29, 0.717) is 10.9 Å². The van der Waals surface area contributed by atoms with Gasteiger partial charge < -0.3 is 4.57 Å². The Balaban J connectivity index is 1.95. The highest BCUT2D eigenvalue weighted by atomic mass is 19.4. The molecule has 0 unspecified atom stereocenters. The quantitative estimate of drug-likeness (QED) is 0.522. The summed E-state index contributed by atoms with van der Waals surface area (Å²) in [5.41, 5.74) is 0.528. The Labute approximate surface area is 128 Å². The zero-order valence-electron chi connectivity index (χ0n) is 11.7. The number of alkyl halides is 3. The van der Waals surface area contributed by atoms with Gasteiger partial charge in [0.2, 0.25) is 0 Å². The normalized spacial score (nSPS) is 11.8. The van der Waals surface area contributed by atoms with E-state index in [2.05, 4.69) is 0 Å². The van der Waals surface area contributed by atoms with Crippen molar-refractivity contribution in [2.45, 2.75) is 12.7 Å². The van der Waals surface area contributed by atoms with Gasteiger partial charge in [0.25, 0.3) is 5.69 Å². The molecule has 23 heavy (non-hydrogen) atoms. The van der Waals surface area contributed by atoms with Crippen molar-refractivity contribution >= 4 is 16.6 Å². The van der Waals surface area contributed by atoms with E-state index in [1.807, 2.05) is 0 Å². The van der Waals surface area contributed by atoms with Crippen molar-refractivity contribution in [2.75, 3.05) is 0 Å². The summed E-state index contributed by atoms with van der Waals surface area (Å²) >= 11 is 0. The van der Waals surface area contributed by atoms with E-state index in [1.54, 1.807) is 29.0 Å². The molecule has 0 aliphatic rings. The van der Waals surface area contributed by atoms with Crippen LogP contribution in [0.1, 0.15) is 11.1 Å². The van der Waals surface area contributed by atoms with Crippen molar-refractivity contribution in [3.63, 3.8) is 0 Å². The predicted molar refractivity (Wildman–Crippen MR) is 79.1 cm³/mol. The van der Waals surface area contributed by atoms with E-state index >= 15 is 0 Å². The van der Waals surface area contributed by atoms with Crippen LogP contribution in [0.5, 0.6) is 0 Å². The first-order valence-electron chi connectivity index (χ1n) is 6.74. The van der Waals surface area contributed by atoms with E-state index < -0.39 is 16.7 Å². The van der Waals surface area contributed by atoms with Crippen LogP contribution in [0.25, 0.3) is 10.9 Å². The van der Waals surface area contributed by atoms with Crippen LogP contribution < -0.4 is 0 Å². The largest absolute Gasteiger partial charge is 0.416 e. The second-order valence-corrected chi connectivity index (χ2v) is 5.14. The Morgan fingerprint density at radius 3 is 2.57 bits per heavy atom. The molecule has 4 nitrogen and oxygen atoms in total. The monoisotopic (exact) mass is 320 g/mol. The first-order valence-corrected chi connectivity index (χ1v) is 6.74. The van der Waals surface area contributed by atoms with Crippen molar-refractivity contribution in [3.8, 4) is 0 Å². The number of fused-ring (bicyclic) bond motifs is 1. The Morgan fingerprint density at radius 1 is 1.09 bits per heavy atom. The summed E-state index contributed by atoms with van der Waals surface area (Å²) in [4.78, 5) is 10.3. The third-order valence-electron chi connectivity index (χ3n) is 3.57. The van der Waals surface area contributed by atoms with Crippen LogP contribution in [0, 0.1) is 10.1 Å². The molecule has 0 spiro atoms. The summed E-state index contributed by atoms with van der Waals surface area (Å²) in [7, 11) is 0. The van der Waals surface area contributed by atoms with E-state index in [9.17, 15) is 23.3 Å². The van der Waals surface area contributed by atoms with Gasteiger partial charge in [-0.05, 0) is 29.8 Å². The molecule has 1 aromatic heterocycles. The molecular formula is C16H11F3N2O2. The standard InChI is InChI=1S/C16H11F3N2O2/c17-16(18,19)13-3-1-2-11(8-13)10-20-7-6-12-9-14(21(22)23)4-5-15(12)20/h1-9H,10H2. The maximum atomic E-state index is 12.7. The zero-order chi connectivity index (χ0) is 16.6. The lowest BCUT2D eigenvalue weighted by Gasteiger charge is -2.10. The number of nitrogens with zero attached hydrogens (tertiary/aromatic N) is 2. The lowest BCUT2D eigenvalue weighted by atomic mass is 10.1. The summed E-state index contributed by atoms with van der Waals surface area (Å²) in [6, 6.07) is 11.2. The number of nitro benzene ring substituents is 1. The van der Waals surface area contributed by atoms with Gasteiger partial charge in [0.1, 0.15) is 0 Å². The molecule has 0 aliphatic heterocycles. The van der Waals surface area contributed by atoms with E-state index in [1.165, 1.54) is 18.2 Å². The summed E-state index contributed by atoms with van der Waals surface area (Å²) in [5.74, 6) is 0. The minimum atomic E-state index is -4.38. The Kier molecular flexibility index (Phi) is 3.55. The summed E-state index contributed by atoms with van der Waals surface area (Å²) in [6.45, 7) is 0.255. The van der Waals surface area contributed by atoms with Crippen molar-refractivity contribution in [3.05, 3.63) is 76.0 Å². The van der Waals surface area contributed by atoms with E-state index in [0.717, 1.165) is 17.6 Å². The number of hydrogen-bond donors (Lipinski definition) is 0. The van der Waals surface area contributed by atoms with Gasteiger partial charge >= 0.3 is 6.18 Å². The van der Waals surface area contributed by atoms with Crippen molar-refractivity contribution in [1.29, 1.82) is 0 Å². The van der Waals surface area contributed by atoms with Gasteiger partial charge in [-0.3, -0.25) is 10.1 Å².